The highest BCUT2D eigenvalue weighted by atomic mass is 35.5. The molecule has 54 heavy (non-hydrogen) atoms. The average Bonchev–Trinajstić information content (AvgIpc) is 3.62. The molecule has 0 amide bonds. The van der Waals surface area contributed by atoms with Gasteiger partial charge in [-0.2, -0.15) is 9.97 Å². The number of hydrogen-bond donors (Lipinski definition) is 0. The van der Waals surface area contributed by atoms with Crippen LogP contribution < -0.4 is 0 Å². The molecule has 0 aliphatic carbocycles. The van der Waals surface area contributed by atoms with Crippen molar-refractivity contribution in [3.8, 4) is 67.3 Å². The molecular weight excluding hydrogens is 682 g/mol. The van der Waals surface area contributed by atoms with Crippen LogP contribution in [0.15, 0.2) is 186 Å². The summed E-state index contributed by atoms with van der Waals surface area (Å²) in [4.78, 5) is 14.0. The summed E-state index contributed by atoms with van der Waals surface area (Å²) in [5.74, 6) is 0.985. The van der Waals surface area contributed by atoms with Crippen LogP contribution in [0.1, 0.15) is 0 Å². The molecule has 0 saturated carbocycles. The van der Waals surface area contributed by atoms with Crippen molar-refractivity contribution >= 4 is 44.3 Å². The number of benzene rings is 8. The molecule has 0 N–H and O–H groups in total. The molecule has 2 aromatic heterocycles. The van der Waals surface area contributed by atoms with Gasteiger partial charge in [0.05, 0.1) is 0 Å². The zero-order chi connectivity index (χ0) is 36.0. The van der Waals surface area contributed by atoms with E-state index in [1.165, 1.54) is 33.0 Å². The first-order chi connectivity index (χ1) is 26.6. The van der Waals surface area contributed by atoms with Gasteiger partial charge in [0.1, 0.15) is 11.2 Å². The molecule has 8 aromatic carbocycles. The van der Waals surface area contributed by atoms with E-state index in [1.807, 2.05) is 42.5 Å². The number of hydrogen-bond acceptors (Lipinski definition) is 4. The Balaban J connectivity index is 0.998. The van der Waals surface area contributed by atoms with Crippen molar-refractivity contribution in [2.24, 2.45) is 0 Å². The van der Waals surface area contributed by atoms with E-state index in [4.69, 9.17) is 21.0 Å². The third-order valence-electron chi connectivity index (χ3n) is 10.1. The molecule has 0 bridgehead atoms. The summed E-state index contributed by atoms with van der Waals surface area (Å²) in [5, 5.41) is 4.59. The lowest BCUT2D eigenvalue weighted by Crippen LogP contribution is -1.97. The summed E-state index contributed by atoms with van der Waals surface area (Å²) in [5.41, 5.74) is 12.5. The zero-order valence-electron chi connectivity index (χ0n) is 28.9. The Morgan fingerprint density at radius 3 is 1.65 bits per heavy atom. The van der Waals surface area contributed by atoms with Gasteiger partial charge in [0, 0.05) is 21.9 Å². The minimum absolute atomic E-state index is 0.130. The van der Waals surface area contributed by atoms with Crippen LogP contribution in [-0.4, -0.2) is 15.0 Å². The van der Waals surface area contributed by atoms with Crippen LogP contribution in [0.2, 0.25) is 5.28 Å². The van der Waals surface area contributed by atoms with Crippen LogP contribution in [-0.2, 0) is 0 Å². The van der Waals surface area contributed by atoms with E-state index < -0.39 is 0 Å². The quantitative estimate of drug-likeness (QED) is 0.172. The van der Waals surface area contributed by atoms with Crippen molar-refractivity contribution in [3.05, 3.63) is 187 Å². The number of furan rings is 1. The fraction of sp³-hybridized carbons (Fsp3) is 0. The lowest BCUT2D eigenvalue weighted by Gasteiger charge is -2.12. The van der Waals surface area contributed by atoms with Crippen LogP contribution in [0.25, 0.3) is 100.0 Å². The molecule has 0 saturated heterocycles. The predicted octanol–water partition coefficient (Wildman–Crippen LogP) is 13.6. The fourth-order valence-electron chi connectivity index (χ4n) is 7.47. The fourth-order valence-corrected chi connectivity index (χ4v) is 7.63. The van der Waals surface area contributed by atoms with E-state index in [0.717, 1.165) is 55.3 Å². The standard InChI is InChI=1S/C49H30ClN3O/c50-49-52-47(51-48(53-49)38-25-26-43-45(30-38)54-44-20-10-19-42(46(43)44)33-13-5-2-6-14-33)37-16-9-15-34(27-37)35-23-21-31-22-24-36(29-39(31)28-35)41-18-8-7-17-40(41)32-11-3-1-4-12-32/h1-30H. The Bertz CT molecular complexity index is 3010. The highest BCUT2D eigenvalue weighted by Crippen LogP contribution is 2.39. The normalized spacial score (nSPS) is 11.4. The Kier molecular flexibility index (Phi) is 7.82. The van der Waals surface area contributed by atoms with Gasteiger partial charge < -0.3 is 4.42 Å². The van der Waals surface area contributed by atoms with Gasteiger partial charge in [-0.1, -0.05) is 146 Å². The Morgan fingerprint density at radius 2 is 0.889 bits per heavy atom. The van der Waals surface area contributed by atoms with Crippen molar-refractivity contribution in [3.63, 3.8) is 0 Å². The van der Waals surface area contributed by atoms with E-state index in [-0.39, 0.29) is 5.28 Å². The SMILES string of the molecule is Clc1nc(-c2cccc(-c3ccc4ccc(-c5ccccc5-c5ccccc5)cc4c3)c2)nc(-c2ccc3c(c2)oc2cccc(-c4ccccc4)c23)n1. The van der Waals surface area contributed by atoms with Crippen molar-refractivity contribution in [2.75, 3.05) is 0 Å². The van der Waals surface area contributed by atoms with Gasteiger partial charge in [0.2, 0.25) is 5.28 Å². The predicted molar refractivity (Wildman–Crippen MR) is 222 cm³/mol. The molecule has 5 heteroatoms. The first-order valence-electron chi connectivity index (χ1n) is 17.9. The highest BCUT2D eigenvalue weighted by molar-refractivity contribution is 6.28. The maximum atomic E-state index is 6.57. The van der Waals surface area contributed by atoms with Crippen LogP contribution in [0.5, 0.6) is 0 Å². The number of halogens is 1. The van der Waals surface area contributed by atoms with Crippen LogP contribution in [0.4, 0.5) is 0 Å². The number of fused-ring (bicyclic) bond motifs is 4. The smallest absolute Gasteiger partial charge is 0.226 e. The van der Waals surface area contributed by atoms with Crippen molar-refractivity contribution in [2.45, 2.75) is 0 Å². The van der Waals surface area contributed by atoms with Crippen LogP contribution in [0, 0.1) is 0 Å². The second kappa shape index (κ2) is 13.3. The maximum Gasteiger partial charge on any atom is 0.226 e. The first kappa shape index (κ1) is 31.8. The molecule has 10 aromatic rings. The number of aromatic nitrogens is 3. The van der Waals surface area contributed by atoms with Gasteiger partial charge >= 0.3 is 0 Å². The second-order valence-electron chi connectivity index (χ2n) is 13.4. The molecule has 4 nitrogen and oxygen atoms in total. The Labute approximate surface area is 317 Å². The summed E-state index contributed by atoms with van der Waals surface area (Å²) < 4.78 is 6.37. The minimum Gasteiger partial charge on any atom is -0.456 e. The third kappa shape index (κ3) is 5.79. The second-order valence-corrected chi connectivity index (χ2v) is 13.7. The minimum atomic E-state index is 0.130. The monoisotopic (exact) mass is 711 g/mol. The van der Waals surface area contributed by atoms with Crippen LogP contribution in [0.3, 0.4) is 0 Å². The van der Waals surface area contributed by atoms with Gasteiger partial charge in [-0.3, -0.25) is 0 Å². The molecule has 0 spiro atoms. The third-order valence-corrected chi connectivity index (χ3v) is 10.2. The first-order valence-corrected chi connectivity index (χ1v) is 18.2. The Hall–Kier alpha value is -6.88. The van der Waals surface area contributed by atoms with Crippen molar-refractivity contribution in [1.29, 1.82) is 0 Å². The molecule has 2 heterocycles. The van der Waals surface area contributed by atoms with Crippen molar-refractivity contribution < 1.29 is 4.42 Å². The van der Waals surface area contributed by atoms with Gasteiger partial charge in [0.25, 0.3) is 0 Å². The largest absolute Gasteiger partial charge is 0.456 e. The molecule has 10 rings (SSSR count). The van der Waals surface area contributed by atoms with Crippen LogP contribution >= 0.6 is 11.6 Å². The lowest BCUT2D eigenvalue weighted by atomic mass is 9.92. The van der Waals surface area contributed by atoms with Gasteiger partial charge in [-0.15, -0.1) is 0 Å². The Morgan fingerprint density at radius 1 is 0.352 bits per heavy atom. The molecule has 0 atom stereocenters. The number of nitrogens with zero attached hydrogens (tertiary/aromatic N) is 3. The van der Waals surface area contributed by atoms with E-state index >= 15 is 0 Å². The van der Waals surface area contributed by atoms with Gasteiger partial charge in [0.15, 0.2) is 11.6 Å². The van der Waals surface area contributed by atoms with Gasteiger partial charge in [-0.05, 0) is 103 Å². The molecule has 0 fully saturated rings. The topological polar surface area (TPSA) is 51.8 Å². The summed E-state index contributed by atoms with van der Waals surface area (Å²) in [6.45, 7) is 0. The lowest BCUT2D eigenvalue weighted by molar-refractivity contribution is 0.669. The highest BCUT2D eigenvalue weighted by Gasteiger charge is 2.16. The molecular formula is C49H30ClN3O. The summed E-state index contributed by atoms with van der Waals surface area (Å²) in [6, 6.07) is 63.3. The average molecular weight is 712 g/mol. The summed E-state index contributed by atoms with van der Waals surface area (Å²) in [7, 11) is 0. The maximum absolute atomic E-state index is 6.57. The van der Waals surface area contributed by atoms with E-state index in [1.54, 1.807) is 0 Å². The zero-order valence-corrected chi connectivity index (χ0v) is 29.7. The van der Waals surface area contributed by atoms with E-state index in [2.05, 4.69) is 149 Å². The molecule has 0 aliphatic heterocycles. The van der Waals surface area contributed by atoms with Crippen molar-refractivity contribution in [1.82, 2.24) is 15.0 Å². The molecule has 0 unspecified atom stereocenters. The van der Waals surface area contributed by atoms with E-state index in [0.29, 0.717) is 11.6 Å². The molecule has 0 radical (unpaired) electrons. The summed E-state index contributed by atoms with van der Waals surface area (Å²) in [6.07, 6.45) is 0. The molecule has 254 valence electrons. The number of rotatable bonds is 6. The summed E-state index contributed by atoms with van der Waals surface area (Å²) >= 11 is 6.57. The van der Waals surface area contributed by atoms with E-state index in [9.17, 15) is 0 Å². The van der Waals surface area contributed by atoms with Gasteiger partial charge in [-0.25, -0.2) is 4.98 Å². The molecule has 0 aliphatic rings.